The molecule has 152 valence electrons. The number of carbonyl (C=O) groups is 3. The van der Waals surface area contributed by atoms with Crippen molar-refractivity contribution < 1.29 is 38.7 Å². The Labute approximate surface area is 166 Å². The van der Waals surface area contributed by atoms with Crippen LogP contribution in [0.3, 0.4) is 0 Å². The van der Waals surface area contributed by atoms with Crippen molar-refractivity contribution in [1.82, 2.24) is 0 Å². The van der Waals surface area contributed by atoms with Crippen molar-refractivity contribution in [3.05, 3.63) is 40.1 Å². The van der Waals surface area contributed by atoms with Crippen LogP contribution in [0.4, 0.5) is 0 Å². The molecule has 0 fully saturated rings. The predicted octanol–water partition coefficient (Wildman–Crippen LogP) is 1.13. The van der Waals surface area contributed by atoms with Gasteiger partial charge in [0.05, 0.1) is 13.2 Å². The lowest BCUT2D eigenvalue weighted by Crippen LogP contribution is -2.53. The van der Waals surface area contributed by atoms with E-state index >= 15 is 0 Å². The summed E-state index contributed by atoms with van der Waals surface area (Å²) in [6, 6.07) is 5.83. The van der Waals surface area contributed by atoms with Crippen LogP contribution in [-0.4, -0.2) is 58.4 Å². The number of esters is 2. The highest BCUT2D eigenvalue weighted by atomic mass is 35.5. The Balaban J connectivity index is 2.68. The van der Waals surface area contributed by atoms with Crippen molar-refractivity contribution in [3.63, 3.8) is 0 Å². The first kappa shape index (κ1) is 21.6. The van der Waals surface area contributed by atoms with Crippen LogP contribution >= 0.6 is 11.6 Å². The Morgan fingerprint density at radius 2 is 1.82 bits per heavy atom. The van der Waals surface area contributed by atoms with Gasteiger partial charge in [0, 0.05) is 9.92 Å². The monoisotopic (exact) mass is 413 g/mol. The van der Waals surface area contributed by atoms with Gasteiger partial charge in [-0.2, -0.15) is 0 Å². The Bertz CT molecular complexity index is 806. The molecular weight excluding hydrogens is 394 g/mol. The van der Waals surface area contributed by atoms with E-state index in [9.17, 15) is 24.7 Å². The molecule has 0 saturated heterocycles. The van der Waals surface area contributed by atoms with Crippen LogP contribution in [-0.2, 0) is 28.7 Å². The van der Waals surface area contributed by atoms with Gasteiger partial charge in [0.15, 0.2) is 5.78 Å². The minimum atomic E-state index is -2.41. The summed E-state index contributed by atoms with van der Waals surface area (Å²) in [5.41, 5.74) is -2.73. The Morgan fingerprint density at radius 1 is 1.25 bits per heavy atom. The van der Waals surface area contributed by atoms with E-state index in [0.29, 0.717) is 5.02 Å². The highest BCUT2D eigenvalue weighted by Crippen LogP contribution is 2.41. The van der Waals surface area contributed by atoms with Crippen molar-refractivity contribution in [1.29, 1.82) is 0 Å². The fraction of sp³-hybridized carbons (Fsp3) is 0.444. The number of rotatable bonds is 7. The maximum absolute atomic E-state index is 12.7. The standard InChI is InChI=1S/C18H20ClNO8/c1-4-26-16(23)15(22)14-13(11-6-8-12(19)9-7-11)18(10(3)21,28-20(14)25)17(24)27-5-2/h6-9,13,15,22H,4-5H2,1-3H3/t13-,15+,18+/m1/s1. The largest absolute Gasteiger partial charge is 0.464 e. The van der Waals surface area contributed by atoms with Crippen molar-refractivity contribution in [2.24, 2.45) is 0 Å². The quantitative estimate of drug-likeness (QED) is 0.400. The maximum Gasteiger partial charge on any atom is 0.346 e. The zero-order valence-corrected chi connectivity index (χ0v) is 16.3. The van der Waals surface area contributed by atoms with Gasteiger partial charge in [-0.25, -0.2) is 9.59 Å². The van der Waals surface area contributed by atoms with E-state index in [0.717, 1.165) is 6.92 Å². The second-order valence-corrected chi connectivity index (χ2v) is 6.36. The smallest absolute Gasteiger partial charge is 0.346 e. The predicted molar refractivity (Wildman–Crippen MR) is 96.6 cm³/mol. The number of hydrogen-bond acceptors (Lipinski definition) is 8. The van der Waals surface area contributed by atoms with E-state index < -0.39 is 41.1 Å². The van der Waals surface area contributed by atoms with Crippen LogP contribution in [0.15, 0.2) is 24.3 Å². The molecule has 0 spiro atoms. The molecule has 0 radical (unpaired) electrons. The minimum absolute atomic E-state index is 0.0514. The highest BCUT2D eigenvalue weighted by Gasteiger charge is 2.64. The third-order valence-electron chi connectivity index (χ3n) is 4.24. The highest BCUT2D eigenvalue weighted by molar-refractivity contribution is 6.30. The molecule has 0 aromatic heterocycles. The molecule has 0 aliphatic carbocycles. The van der Waals surface area contributed by atoms with Gasteiger partial charge in [0.2, 0.25) is 11.7 Å². The number of nitrogens with zero attached hydrogens (tertiary/aromatic N) is 1. The lowest BCUT2D eigenvalue weighted by molar-refractivity contribution is -0.745. The zero-order chi connectivity index (χ0) is 21.1. The molecule has 1 aliphatic heterocycles. The molecule has 1 aromatic rings. The van der Waals surface area contributed by atoms with Crippen molar-refractivity contribution in [2.75, 3.05) is 13.2 Å². The molecule has 1 heterocycles. The van der Waals surface area contributed by atoms with E-state index in [1.165, 1.54) is 38.1 Å². The third-order valence-corrected chi connectivity index (χ3v) is 4.49. The van der Waals surface area contributed by atoms with Gasteiger partial charge in [-0.05, 0) is 38.5 Å². The van der Waals surface area contributed by atoms with E-state index in [1.807, 2.05) is 0 Å². The average Bonchev–Trinajstić information content (AvgIpc) is 2.96. The number of ether oxygens (including phenoxy) is 2. The molecule has 28 heavy (non-hydrogen) atoms. The first-order valence-corrected chi connectivity index (χ1v) is 8.89. The van der Waals surface area contributed by atoms with Crippen LogP contribution in [0.5, 0.6) is 0 Å². The molecule has 1 aliphatic rings. The van der Waals surface area contributed by atoms with E-state index in [-0.39, 0.29) is 23.7 Å². The van der Waals surface area contributed by atoms with Crippen molar-refractivity contribution in [3.8, 4) is 0 Å². The third kappa shape index (κ3) is 3.67. The molecule has 1 aromatic carbocycles. The zero-order valence-electron chi connectivity index (χ0n) is 15.5. The summed E-state index contributed by atoms with van der Waals surface area (Å²) in [5, 5.41) is 23.3. The Hall–Kier alpha value is -2.65. The van der Waals surface area contributed by atoms with Crippen LogP contribution in [0, 0.1) is 5.21 Å². The first-order chi connectivity index (χ1) is 13.2. The van der Waals surface area contributed by atoms with Crippen molar-refractivity contribution in [2.45, 2.75) is 38.4 Å². The molecule has 0 amide bonds. The second-order valence-electron chi connectivity index (χ2n) is 5.92. The van der Waals surface area contributed by atoms with Gasteiger partial charge >= 0.3 is 11.9 Å². The van der Waals surface area contributed by atoms with Crippen LogP contribution < -0.4 is 0 Å². The molecule has 0 saturated carbocycles. The number of aliphatic hydroxyl groups excluding tert-OH is 1. The van der Waals surface area contributed by atoms with Crippen LogP contribution in [0.25, 0.3) is 0 Å². The fourth-order valence-electron chi connectivity index (χ4n) is 3.01. The lowest BCUT2D eigenvalue weighted by atomic mass is 9.75. The molecule has 1 N–H and O–H groups in total. The molecular formula is C18H20ClNO8. The molecule has 2 rings (SSSR count). The van der Waals surface area contributed by atoms with Gasteiger partial charge in [-0.1, -0.05) is 23.7 Å². The summed E-state index contributed by atoms with van der Waals surface area (Å²) < 4.78 is 9.71. The van der Waals surface area contributed by atoms with Crippen molar-refractivity contribution >= 4 is 35.0 Å². The summed E-state index contributed by atoms with van der Waals surface area (Å²) in [6.07, 6.45) is -2.06. The van der Waals surface area contributed by atoms with Gasteiger partial charge in [-0.15, -0.1) is 0 Å². The molecule has 0 unspecified atom stereocenters. The van der Waals surface area contributed by atoms with Crippen LogP contribution in [0.1, 0.15) is 32.3 Å². The number of carbonyl (C=O) groups excluding carboxylic acids is 3. The van der Waals surface area contributed by atoms with Gasteiger partial charge in [0.1, 0.15) is 5.92 Å². The van der Waals surface area contributed by atoms with Gasteiger partial charge in [0.25, 0.3) is 5.71 Å². The molecule has 9 nitrogen and oxygen atoms in total. The summed E-state index contributed by atoms with van der Waals surface area (Å²) in [6.45, 7) is 3.95. The topological polar surface area (TPSA) is 125 Å². The van der Waals surface area contributed by atoms with Gasteiger partial charge < -0.3 is 19.4 Å². The number of aliphatic hydroxyl groups is 1. The summed E-state index contributed by atoms with van der Waals surface area (Å²) in [4.78, 5) is 42.2. The van der Waals surface area contributed by atoms with Crippen LogP contribution in [0.2, 0.25) is 5.02 Å². The molecule has 0 bridgehead atoms. The van der Waals surface area contributed by atoms with E-state index in [2.05, 4.69) is 0 Å². The lowest BCUT2D eigenvalue weighted by Gasteiger charge is -2.30. The molecule has 3 atom stereocenters. The second kappa shape index (κ2) is 8.57. The summed E-state index contributed by atoms with van der Waals surface area (Å²) in [7, 11) is 0. The average molecular weight is 414 g/mol. The number of benzene rings is 1. The fourth-order valence-corrected chi connectivity index (χ4v) is 3.14. The molecule has 10 heteroatoms. The SMILES string of the molecule is CCOC(=O)[C@@H](O)C1=[N+]([O-])O[C@](C(C)=O)(C(=O)OCC)[C@@H]1c1ccc(Cl)cc1. The normalized spacial score (nSPS) is 22.4. The number of Topliss-reactive ketones (excluding diaryl/α,β-unsaturated/α-hetero) is 1. The first-order valence-electron chi connectivity index (χ1n) is 8.52. The minimum Gasteiger partial charge on any atom is -0.464 e. The maximum atomic E-state index is 12.7. The van der Waals surface area contributed by atoms with Gasteiger partial charge in [-0.3, -0.25) is 10.0 Å². The van der Waals surface area contributed by atoms with E-state index in [4.69, 9.17) is 25.9 Å². The summed E-state index contributed by atoms with van der Waals surface area (Å²) in [5.74, 6) is -4.51. The number of hydrogen-bond donors (Lipinski definition) is 1. The summed E-state index contributed by atoms with van der Waals surface area (Å²) >= 11 is 5.89. The Kier molecular flexibility index (Phi) is 6.63. The number of halogens is 1. The Morgan fingerprint density at radius 3 is 2.32 bits per heavy atom. The van der Waals surface area contributed by atoms with E-state index in [1.54, 1.807) is 0 Å². The number of ketones is 1.